The lowest BCUT2D eigenvalue weighted by atomic mass is 9.97. The molecule has 0 aliphatic heterocycles. The highest BCUT2D eigenvalue weighted by Crippen LogP contribution is 2.42. The summed E-state index contributed by atoms with van der Waals surface area (Å²) in [5, 5.41) is 3.74. The van der Waals surface area contributed by atoms with E-state index in [0.717, 1.165) is 18.4 Å². The molecule has 1 fully saturated rings. The molecule has 6 heteroatoms. The molecule has 110 valence electrons. The van der Waals surface area contributed by atoms with E-state index in [1.807, 2.05) is 0 Å². The van der Waals surface area contributed by atoms with Gasteiger partial charge < -0.3 is 4.52 Å². The number of ketones is 1. The predicted molar refractivity (Wildman–Crippen MR) is 77.2 cm³/mol. The smallest absolute Gasteiger partial charge is 0.198 e. The van der Waals surface area contributed by atoms with Gasteiger partial charge in [-0.15, -0.1) is 0 Å². The van der Waals surface area contributed by atoms with Crippen molar-refractivity contribution >= 4 is 16.5 Å². The third-order valence-electron chi connectivity index (χ3n) is 3.62. The Morgan fingerprint density at radius 2 is 2.00 bits per heavy atom. The van der Waals surface area contributed by atoms with E-state index in [1.54, 1.807) is 24.3 Å². The van der Waals surface area contributed by atoms with Crippen molar-refractivity contribution in [1.29, 1.82) is 0 Å². The fourth-order valence-corrected chi connectivity index (χ4v) is 2.80. The maximum Gasteiger partial charge on any atom is 0.198 e. The van der Waals surface area contributed by atoms with Gasteiger partial charge >= 0.3 is 0 Å². The van der Waals surface area contributed by atoms with Crippen LogP contribution < -0.4 is 0 Å². The van der Waals surface area contributed by atoms with Crippen LogP contribution in [0.3, 0.4) is 0 Å². The van der Waals surface area contributed by atoms with Gasteiger partial charge in [-0.1, -0.05) is 29.4 Å². The maximum atomic E-state index is 12.7. The van der Waals surface area contributed by atoms with E-state index >= 15 is 0 Å². The monoisotopic (exact) mass is 305 g/mol. The maximum absolute atomic E-state index is 12.7. The zero-order valence-corrected chi connectivity index (χ0v) is 12.2. The Morgan fingerprint density at radius 1 is 1.24 bits per heavy atom. The summed E-state index contributed by atoms with van der Waals surface area (Å²) in [5.74, 6) is 0.855. The van der Waals surface area contributed by atoms with Crippen LogP contribution in [0.1, 0.15) is 46.0 Å². The normalized spacial score (nSPS) is 14.5. The van der Waals surface area contributed by atoms with Crippen LogP contribution in [0.15, 0.2) is 35.0 Å². The highest BCUT2D eigenvalue weighted by Gasteiger charge is 2.33. The number of hydrogen-bond donors (Lipinski definition) is 1. The summed E-state index contributed by atoms with van der Waals surface area (Å²) < 4.78 is 26.7. The van der Waals surface area contributed by atoms with Gasteiger partial charge in [0, 0.05) is 11.5 Å². The molecule has 0 saturated heterocycles. The second-order valence-corrected chi connectivity index (χ2v) is 6.28. The number of nitrogens with zero attached hydrogens (tertiary/aromatic N) is 1. The molecule has 1 aliphatic carbocycles. The lowest BCUT2D eigenvalue weighted by molar-refractivity contribution is 0.103. The SMILES string of the molecule is O=C(c1ccccc1CC[SH](=O)=O)c1cnoc1C1CC1. The zero-order valence-electron chi connectivity index (χ0n) is 11.3. The fourth-order valence-electron chi connectivity index (χ4n) is 2.38. The average Bonchev–Trinajstić information content (AvgIpc) is 3.22. The topological polar surface area (TPSA) is 77.2 Å². The van der Waals surface area contributed by atoms with Crippen molar-refractivity contribution < 1.29 is 17.7 Å². The van der Waals surface area contributed by atoms with E-state index in [4.69, 9.17) is 4.52 Å². The number of carbonyl (C=O) groups excluding carboxylic acids is 1. The van der Waals surface area contributed by atoms with E-state index < -0.39 is 10.7 Å². The highest BCUT2D eigenvalue weighted by molar-refractivity contribution is 7.72. The van der Waals surface area contributed by atoms with Crippen LogP contribution in [-0.4, -0.2) is 25.1 Å². The van der Waals surface area contributed by atoms with Crippen molar-refractivity contribution in [1.82, 2.24) is 5.16 Å². The van der Waals surface area contributed by atoms with E-state index in [1.165, 1.54) is 6.20 Å². The Balaban J connectivity index is 1.92. The van der Waals surface area contributed by atoms with E-state index in [2.05, 4.69) is 5.16 Å². The van der Waals surface area contributed by atoms with Crippen molar-refractivity contribution in [2.45, 2.75) is 25.2 Å². The van der Waals surface area contributed by atoms with E-state index in [0.29, 0.717) is 29.2 Å². The van der Waals surface area contributed by atoms with Gasteiger partial charge in [-0.2, -0.15) is 0 Å². The van der Waals surface area contributed by atoms with Crippen LogP contribution in [0.25, 0.3) is 0 Å². The molecule has 0 radical (unpaired) electrons. The molecule has 0 spiro atoms. The standard InChI is InChI=1S/C15H15NO4S/c17-14(13-9-16-20-15(13)11-5-6-11)12-4-2-1-3-10(12)7-8-21(18)19/h1-4,9,11,21H,5-8H2. The molecule has 1 saturated carbocycles. The molecule has 0 amide bonds. The van der Waals surface area contributed by atoms with Crippen LogP contribution in [-0.2, 0) is 17.1 Å². The molecule has 3 rings (SSSR count). The van der Waals surface area contributed by atoms with Crippen LogP contribution in [0.4, 0.5) is 0 Å². The van der Waals surface area contributed by atoms with Crippen LogP contribution in [0.5, 0.6) is 0 Å². The molecule has 21 heavy (non-hydrogen) atoms. The lowest BCUT2D eigenvalue weighted by Crippen LogP contribution is -2.08. The van der Waals surface area contributed by atoms with Crippen molar-refractivity contribution in [2.24, 2.45) is 0 Å². The van der Waals surface area contributed by atoms with Crippen LogP contribution >= 0.6 is 0 Å². The number of carbonyl (C=O) groups is 1. The first kappa shape index (κ1) is 14.0. The van der Waals surface area contributed by atoms with Crippen molar-refractivity contribution in [3.63, 3.8) is 0 Å². The summed E-state index contributed by atoms with van der Waals surface area (Å²) in [6.45, 7) is 0. The second-order valence-electron chi connectivity index (χ2n) is 5.17. The Hall–Kier alpha value is -1.95. The fraction of sp³-hybridized carbons (Fsp3) is 0.333. The molecule has 0 N–H and O–H groups in total. The minimum absolute atomic E-state index is 0.0404. The Morgan fingerprint density at radius 3 is 2.71 bits per heavy atom. The molecular formula is C15H15NO4S. The Kier molecular flexibility index (Phi) is 3.88. The van der Waals surface area contributed by atoms with E-state index in [9.17, 15) is 13.2 Å². The van der Waals surface area contributed by atoms with Crippen molar-refractivity contribution in [2.75, 3.05) is 5.75 Å². The van der Waals surface area contributed by atoms with Gasteiger partial charge in [-0.25, -0.2) is 8.42 Å². The van der Waals surface area contributed by atoms with Crippen LogP contribution in [0.2, 0.25) is 0 Å². The zero-order chi connectivity index (χ0) is 14.8. The lowest BCUT2D eigenvalue weighted by Gasteiger charge is -2.06. The third-order valence-corrected chi connectivity index (χ3v) is 4.21. The number of hydrogen-bond acceptors (Lipinski definition) is 5. The summed E-state index contributed by atoms with van der Waals surface area (Å²) in [6, 6.07) is 7.09. The van der Waals surface area contributed by atoms with Crippen molar-refractivity contribution in [3.8, 4) is 0 Å². The van der Waals surface area contributed by atoms with Gasteiger partial charge in [0.05, 0.1) is 17.5 Å². The first-order valence-electron chi connectivity index (χ1n) is 6.86. The predicted octanol–water partition coefficient (Wildman–Crippen LogP) is 1.94. The molecule has 1 aromatic carbocycles. The summed E-state index contributed by atoms with van der Waals surface area (Å²) in [4.78, 5) is 12.7. The molecule has 1 aliphatic rings. The third kappa shape index (κ3) is 3.05. The largest absolute Gasteiger partial charge is 0.360 e. The number of thiol groups is 1. The van der Waals surface area contributed by atoms with Crippen molar-refractivity contribution in [3.05, 3.63) is 52.9 Å². The van der Waals surface area contributed by atoms with Gasteiger partial charge in [-0.05, 0) is 24.8 Å². The van der Waals surface area contributed by atoms with Gasteiger partial charge in [-0.3, -0.25) is 4.79 Å². The summed E-state index contributed by atoms with van der Waals surface area (Å²) >= 11 is 0. The minimum atomic E-state index is -2.45. The molecule has 0 atom stereocenters. The highest BCUT2D eigenvalue weighted by atomic mass is 32.2. The van der Waals surface area contributed by atoms with E-state index in [-0.39, 0.29) is 11.5 Å². The van der Waals surface area contributed by atoms with Gasteiger partial charge in [0.2, 0.25) is 0 Å². The molecule has 0 unspecified atom stereocenters. The number of aromatic nitrogens is 1. The van der Waals surface area contributed by atoms with Gasteiger partial charge in [0.1, 0.15) is 10.7 Å². The average molecular weight is 305 g/mol. The molecule has 1 aromatic heterocycles. The number of rotatable bonds is 6. The minimum Gasteiger partial charge on any atom is -0.360 e. The van der Waals surface area contributed by atoms with Crippen LogP contribution in [0, 0.1) is 0 Å². The first-order valence-corrected chi connectivity index (χ1v) is 8.22. The number of aryl methyl sites for hydroxylation is 1. The molecule has 5 nitrogen and oxygen atoms in total. The Bertz CT molecular complexity index is 736. The molecule has 0 bridgehead atoms. The summed E-state index contributed by atoms with van der Waals surface area (Å²) in [6.07, 6.45) is 3.84. The quantitative estimate of drug-likeness (QED) is 0.652. The summed E-state index contributed by atoms with van der Waals surface area (Å²) in [7, 11) is -2.45. The first-order chi connectivity index (χ1) is 10.2. The second kappa shape index (κ2) is 5.81. The number of benzene rings is 1. The molecule has 2 aromatic rings. The van der Waals surface area contributed by atoms with Gasteiger partial charge in [0.15, 0.2) is 11.5 Å². The summed E-state index contributed by atoms with van der Waals surface area (Å²) in [5.41, 5.74) is 1.76. The van der Waals surface area contributed by atoms with Gasteiger partial charge in [0.25, 0.3) is 0 Å². The Labute approximate surface area is 123 Å². The molecule has 1 heterocycles. The molecular weight excluding hydrogens is 290 g/mol.